The maximum absolute atomic E-state index is 5.76. The summed E-state index contributed by atoms with van der Waals surface area (Å²) in [5.74, 6) is 0.897. The van der Waals surface area contributed by atoms with Gasteiger partial charge in [-0.05, 0) is 26.2 Å². The quantitative estimate of drug-likeness (QED) is 0.841. The lowest BCUT2D eigenvalue weighted by Gasteiger charge is -2.24. The Hall–Kier alpha value is -1.07. The number of hydrogen-bond acceptors (Lipinski definition) is 4. The Morgan fingerprint density at radius 1 is 1.61 bits per heavy atom. The molecule has 1 aliphatic heterocycles. The van der Waals surface area contributed by atoms with Gasteiger partial charge in [-0.25, -0.2) is 4.98 Å². The highest BCUT2D eigenvalue weighted by Crippen LogP contribution is 2.16. The van der Waals surface area contributed by atoms with Crippen LogP contribution in [0.15, 0.2) is 12.4 Å². The topological polar surface area (TPSA) is 48.3 Å². The Kier molecular flexibility index (Phi) is 5.01. The van der Waals surface area contributed by atoms with Gasteiger partial charge >= 0.3 is 0 Å². The summed E-state index contributed by atoms with van der Waals surface area (Å²) in [6, 6.07) is 0.253. The first-order valence-corrected chi connectivity index (χ1v) is 6.68. The average molecular weight is 253 g/mol. The van der Waals surface area contributed by atoms with Gasteiger partial charge in [-0.1, -0.05) is 0 Å². The van der Waals surface area contributed by atoms with Gasteiger partial charge in [-0.15, -0.1) is 0 Å². The average Bonchev–Trinajstić information content (AvgIpc) is 2.78. The lowest BCUT2D eigenvalue weighted by Crippen LogP contribution is -2.27. The fraction of sp³-hybridized carbons (Fsp3) is 0.769. The molecule has 1 fully saturated rings. The monoisotopic (exact) mass is 253 g/mol. The maximum Gasteiger partial charge on any atom is 0.203 e. The van der Waals surface area contributed by atoms with Crippen LogP contribution in [0.3, 0.4) is 0 Å². The van der Waals surface area contributed by atoms with Gasteiger partial charge in [0.15, 0.2) is 0 Å². The van der Waals surface area contributed by atoms with Crippen molar-refractivity contribution in [2.45, 2.75) is 44.9 Å². The number of nitrogens with one attached hydrogen (secondary N) is 1. The van der Waals surface area contributed by atoms with E-state index in [1.807, 2.05) is 12.4 Å². The molecule has 0 amide bonds. The van der Waals surface area contributed by atoms with Crippen LogP contribution in [0.2, 0.25) is 0 Å². The molecule has 0 radical (unpaired) electrons. The zero-order valence-electron chi connectivity index (χ0n) is 11.3. The van der Waals surface area contributed by atoms with Crippen LogP contribution in [-0.2, 0) is 16.0 Å². The number of ether oxygens (including phenoxy) is 2. The van der Waals surface area contributed by atoms with Crippen molar-refractivity contribution in [2.75, 3.05) is 25.6 Å². The van der Waals surface area contributed by atoms with Crippen LogP contribution in [-0.4, -0.2) is 42.0 Å². The Bertz CT molecular complexity index is 348. The van der Waals surface area contributed by atoms with Crippen LogP contribution in [0.5, 0.6) is 0 Å². The second-order valence-electron chi connectivity index (χ2n) is 4.89. The first-order chi connectivity index (χ1) is 8.79. The molecule has 2 atom stereocenters. The van der Waals surface area contributed by atoms with Crippen LogP contribution >= 0.6 is 0 Å². The first kappa shape index (κ1) is 13.4. The molecular formula is C13H23N3O2. The van der Waals surface area contributed by atoms with Crippen molar-refractivity contribution in [1.29, 1.82) is 0 Å². The largest absolute Gasteiger partial charge is 0.383 e. The number of aromatic nitrogens is 2. The summed E-state index contributed by atoms with van der Waals surface area (Å²) in [7, 11) is 1.71. The molecule has 18 heavy (non-hydrogen) atoms. The molecule has 2 rings (SSSR count). The Morgan fingerprint density at radius 2 is 2.50 bits per heavy atom. The fourth-order valence-corrected chi connectivity index (χ4v) is 2.28. The molecule has 5 heteroatoms. The van der Waals surface area contributed by atoms with Gasteiger partial charge < -0.3 is 19.4 Å². The lowest BCUT2D eigenvalue weighted by atomic mass is 10.1. The van der Waals surface area contributed by atoms with E-state index in [-0.39, 0.29) is 6.04 Å². The van der Waals surface area contributed by atoms with Gasteiger partial charge in [0.25, 0.3) is 0 Å². The van der Waals surface area contributed by atoms with E-state index in [0.29, 0.717) is 12.7 Å². The van der Waals surface area contributed by atoms with Gasteiger partial charge in [0, 0.05) is 32.2 Å². The van der Waals surface area contributed by atoms with Crippen molar-refractivity contribution in [3.05, 3.63) is 12.4 Å². The SMILES string of the molecule is COCC(C)Nc1nccn1CC1CCCCO1. The zero-order valence-corrected chi connectivity index (χ0v) is 11.3. The van der Waals surface area contributed by atoms with Crippen LogP contribution in [0.25, 0.3) is 0 Å². The molecule has 2 unspecified atom stereocenters. The molecule has 5 nitrogen and oxygen atoms in total. The molecule has 1 aromatic heterocycles. The third-order valence-electron chi connectivity index (χ3n) is 3.18. The van der Waals surface area contributed by atoms with E-state index in [2.05, 4.69) is 21.8 Å². The van der Waals surface area contributed by atoms with Gasteiger partial charge in [-0.3, -0.25) is 0 Å². The Labute approximate surface area is 108 Å². The summed E-state index contributed by atoms with van der Waals surface area (Å²) in [5.41, 5.74) is 0. The summed E-state index contributed by atoms with van der Waals surface area (Å²) in [6.07, 6.45) is 7.75. The minimum Gasteiger partial charge on any atom is -0.383 e. The van der Waals surface area contributed by atoms with Crippen molar-refractivity contribution >= 4 is 5.95 Å². The molecule has 1 aliphatic rings. The second kappa shape index (κ2) is 6.75. The number of rotatable bonds is 6. The molecule has 0 bridgehead atoms. The lowest BCUT2D eigenvalue weighted by molar-refractivity contribution is 0.00626. The highest BCUT2D eigenvalue weighted by atomic mass is 16.5. The summed E-state index contributed by atoms with van der Waals surface area (Å²) in [6.45, 7) is 4.52. The van der Waals surface area contributed by atoms with Gasteiger partial charge in [0.1, 0.15) is 0 Å². The van der Waals surface area contributed by atoms with Crippen LogP contribution < -0.4 is 5.32 Å². The smallest absolute Gasteiger partial charge is 0.203 e. The van der Waals surface area contributed by atoms with Gasteiger partial charge in [-0.2, -0.15) is 0 Å². The summed E-state index contributed by atoms with van der Waals surface area (Å²) in [5, 5.41) is 3.35. The van der Waals surface area contributed by atoms with Crippen molar-refractivity contribution in [3.63, 3.8) is 0 Å². The molecule has 0 aromatic carbocycles. The standard InChI is InChI=1S/C13H23N3O2/c1-11(10-17-2)15-13-14-6-7-16(13)9-12-5-3-4-8-18-12/h6-7,11-12H,3-5,8-10H2,1-2H3,(H,14,15). The third-order valence-corrected chi connectivity index (χ3v) is 3.18. The second-order valence-corrected chi connectivity index (χ2v) is 4.89. The molecule has 1 N–H and O–H groups in total. The van der Waals surface area contributed by atoms with Gasteiger partial charge in [0.05, 0.1) is 19.3 Å². The van der Waals surface area contributed by atoms with E-state index < -0.39 is 0 Å². The Morgan fingerprint density at radius 3 is 3.22 bits per heavy atom. The summed E-state index contributed by atoms with van der Waals surface area (Å²) >= 11 is 0. The van der Waals surface area contributed by atoms with E-state index in [0.717, 1.165) is 25.5 Å². The first-order valence-electron chi connectivity index (χ1n) is 6.68. The molecular weight excluding hydrogens is 230 g/mol. The number of methoxy groups -OCH3 is 1. The number of hydrogen-bond donors (Lipinski definition) is 1. The van der Waals surface area contributed by atoms with Gasteiger partial charge in [0.2, 0.25) is 5.95 Å². The van der Waals surface area contributed by atoms with Crippen molar-refractivity contribution in [2.24, 2.45) is 0 Å². The van der Waals surface area contributed by atoms with Crippen LogP contribution in [0, 0.1) is 0 Å². The zero-order chi connectivity index (χ0) is 12.8. The van der Waals surface area contributed by atoms with Crippen molar-refractivity contribution < 1.29 is 9.47 Å². The molecule has 0 saturated carbocycles. The predicted octanol–water partition coefficient (Wildman–Crippen LogP) is 1.90. The number of imidazole rings is 1. The molecule has 0 aliphatic carbocycles. The molecule has 0 spiro atoms. The highest BCUT2D eigenvalue weighted by molar-refractivity contribution is 5.27. The van der Waals surface area contributed by atoms with Crippen LogP contribution in [0.4, 0.5) is 5.95 Å². The van der Waals surface area contributed by atoms with E-state index in [1.165, 1.54) is 12.8 Å². The minimum absolute atomic E-state index is 0.253. The van der Waals surface area contributed by atoms with Crippen LogP contribution in [0.1, 0.15) is 26.2 Å². The van der Waals surface area contributed by atoms with Crippen molar-refractivity contribution in [3.8, 4) is 0 Å². The predicted molar refractivity (Wildman–Crippen MR) is 70.8 cm³/mol. The number of anilines is 1. The maximum atomic E-state index is 5.76. The fourth-order valence-electron chi connectivity index (χ4n) is 2.28. The van der Waals surface area contributed by atoms with E-state index in [9.17, 15) is 0 Å². The minimum atomic E-state index is 0.253. The summed E-state index contributed by atoms with van der Waals surface area (Å²) < 4.78 is 13.0. The molecule has 2 heterocycles. The third kappa shape index (κ3) is 3.71. The molecule has 102 valence electrons. The molecule has 1 saturated heterocycles. The van der Waals surface area contributed by atoms with E-state index >= 15 is 0 Å². The highest BCUT2D eigenvalue weighted by Gasteiger charge is 2.16. The number of nitrogens with zero attached hydrogens (tertiary/aromatic N) is 2. The van der Waals surface area contributed by atoms with Crippen molar-refractivity contribution in [1.82, 2.24) is 9.55 Å². The summed E-state index contributed by atoms with van der Waals surface area (Å²) in [4.78, 5) is 4.34. The Balaban J connectivity index is 1.90. The van der Waals surface area contributed by atoms with E-state index in [1.54, 1.807) is 7.11 Å². The van der Waals surface area contributed by atoms with E-state index in [4.69, 9.17) is 9.47 Å². The normalized spacial score (nSPS) is 21.8. The molecule has 1 aromatic rings.